The van der Waals surface area contributed by atoms with E-state index in [-0.39, 0.29) is 0 Å². The fraction of sp³-hybridized carbons (Fsp3) is 0.750. The molecule has 0 spiro atoms. The summed E-state index contributed by atoms with van der Waals surface area (Å²) in [6.07, 6.45) is 2.35. The number of rotatable bonds is 4. The molecule has 0 aliphatic carbocycles. The van der Waals surface area contributed by atoms with Gasteiger partial charge in [0.05, 0.1) is 5.54 Å². The van der Waals surface area contributed by atoms with Crippen molar-refractivity contribution in [3.05, 3.63) is 12.2 Å². The molecule has 0 bridgehead atoms. The summed E-state index contributed by atoms with van der Waals surface area (Å²) in [5, 5.41) is 0. The first-order valence-electron chi connectivity index (χ1n) is 3.75. The Morgan fingerprint density at radius 2 is 2.09 bits per heavy atom. The second-order valence-corrected chi connectivity index (χ2v) is 2.86. The fourth-order valence-corrected chi connectivity index (χ4v) is 0.577. The molecule has 3 heteroatoms. The highest BCUT2D eigenvalue weighted by Gasteiger charge is 2.26. The highest BCUT2D eigenvalue weighted by Crippen LogP contribution is 2.13. The second-order valence-electron chi connectivity index (χ2n) is 2.86. The molecule has 0 heterocycles. The summed E-state index contributed by atoms with van der Waals surface area (Å²) in [6.45, 7) is 3.31. The zero-order chi connectivity index (χ0) is 8.91. The van der Waals surface area contributed by atoms with Crippen LogP contribution in [-0.2, 0) is 0 Å². The van der Waals surface area contributed by atoms with Gasteiger partial charge in [-0.2, -0.15) is 0 Å². The van der Waals surface area contributed by atoms with Crippen LogP contribution in [0.1, 0.15) is 26.7 Å². The molecule has 0 saturated carbocycles. The Bertz CT molecular complexity index is 130. The predicted molar refractivity (Wildman–Crippen MR) is 42.6 cm³/mol. The number of allylic oxidation sites excluding steroid dienone is 1. The van der Waals surface area contributed by atoms with E-state index in [0.29, 0.717) is 0 Å². The lowest BCUT2D eigenvalue weighted by Crippen LogP contribution is -2.41. The van der Waals surface area contributed by atoms with Crippen molar-refractivity contribution in [1.82, 2.24) is 0 Å². The molecule has 0 aliphatic rings. The summed E-state index contributed by atoms with van der Waals surface area (Å²) in [7, 11) is 0. The molecule has 1 atom stereocenters. The van der Waals surface area contributed by atoms with E-state index in [1.165, 1.54) is 13.0 Å². The van der Waals surface area contributed by atoms with E-state index in [0.717, 1.165) is 12.8 Å². The predicted octanol–water partition coefficient (Wildman–Crippen LogP) is 2.33. The standard InChI is InChI=1S/C8H15F2N/c1-3-4-5-6-8(2,11)7(9)10/h5-7H,3-4,11H2,1-2H3/b6-5+. The lowest BCUT2D eigenvalue weighted by molar-refractivity contribution is 0.0884. The van der Waals surface area contributed by atoms with Gasteiger partial charge >= 0.3 is 0 Å². The van der Waals surface area contributed by atoms with Gasteiger partial charge in [0.1, 0.15) is 0 Å². The van der Waals surface area contributed by atoms with Crippen LogP contribution in [0.5, 0.6) is 0 Å². The van der Waals surface area contributed by atoms with Crippen molar-refractivity contribution >= 4 is 0 Å². The van der Waals surface area contributed by atoms with Crippen LogP contribution in [-0.4, -0.2) is 12.0 Å². The molecule has 1 unspecified atom stereocenters. The van der Waals surface area contributed by atoms with Crippen LogP contribution in [0, 0.1) is 0 Å². The van der Waals surface area contributed by atoms with Gasteiger partial charge in [-0.15, -0.1) is 0 Å². The summed E-state index contributed by atoms with van der Waals surface area (Å²) in [5.41, 5.74) is 3.80. The van der Waals surface area contributed by atoms with Gasteiger partial charge in [0, 0.05) is 0 Å². The average Bonchev–Trinajstić information content (AvgIpc) is 1.88. The number of halogens is 2. The van der Waals surface area contributed by atoms with Crippen molar-refractivity contribution < 1.29 is 8.78 Å². The van der Waals surface area contributed by atoms with Gasteiger partial charge < -0.3 is 5.73 Å². The van der Waals surface area contributed by atoms with Crippen LogP contribution in [0.25, 0.3) is 0 Å². The largest absolute Gasteiger partial charge is 0.317 e. The molecule has 0 aromatic heterocycles. The minimum atomic E-state index is -2.49. The summed E-state index contributed by atoms with van der Waals surface area (Å²) in [6, 6.07) is 0. The monoisotopic (exact) mass is 163 g/mol. The fourth-order valence-electron chi connectivity index (χ4n) is 0.577. The Balaban J connectivity index is 3.90. The molecule has 1 nitrogen and oxygen atoms in total. The first kappa shape index (κ1) is 10.6. The summed E-state index contributed by atoms with van der Waals surface area (Å²) in [4.78, 5) is 0. The van der Waals surface area contributed by atoms with Gasteiger partial charge in [-0.25, -0.2) is 8.78 Å². The lowest BCUT2D eigenvalue weighted by Gasteiger charge is -2.18. The topological polar surface area (TPSA) is 26.0 Å². The molecular formula is C8H15F2N. The zero-order valence-electron chi connectivity index (χ0n) is 6.98. The number of alkyl halides is 2. The van der Waals surface area contributed by atoms with Crippen molar-refractivity contribution in [2.24, 2.45) is 5.73 Å². The van der Waals surface area contributed by atoms with Gasteiger partial charge in [0.15, 0.2) is 0 Å². The van der Waals surface area contributed by atoms with E-state index in [4.69, 9.17) is 5.73 Å². The molecule has 0 amide bonds. The lowest BCUT2D eigenvalue weighted by atomic mass is 10.0. The summed E-state index contributed by atoms with van der Waals surface area (Å²) in [5.74, 6) is 0. The molecule has 0 aromatic carbocycles. The SMILES string of the molecule is CCC/C=C/C(C)(N)C(F)F. The number of hydrogen-bond donors (Lipinski definition) is 1. The maximum atomic E-state index is 12.1. The third-order valence-electron chi connectivity index (χ3n) is 1.40. The Hall–Kier alpha value is -0.440. The first-order valence-corrected chi connectivity index (χ1v) is 3.75. The molecule has 0 rings (SSSR count). The van der Waals surface area contributed by atoms with E-state index in [1.54, 1.807) is 6.08 Å². The molecule has 11 heavy (non-hydrogen) atoms. The van der Waals surface area contributed by atoms with E-state index in [9.17, 15) is 8.78 Å². The molecule has 0 aliphatic heterocycles. The smallest absolute Gasteiger partial charge is 0.259 e. The van der Waals surface area contributed by atoms with Crippen molar-refractivity contribution in [2.45, 2.75) is 38.7 Å². The number of nitrogens with two attached hydrogens (primary N) is 1. The Morgan fingerprint density at radius 3 is 2.45 bits per heavy atom. The molecule has 0 saturated heterocycles. The second kappa shape index (κ2) is 4.44. The van der Waals surface area contributed by atoms with Crippen molar-refractivity contribution in [2.75, 3.05) is 0 Å². The van der Waals surface area contributed by atoms with Gasteiger partial charge in [-0.1, -0.05) is 25.5 Å². The van der Waals surface area contributed by atoms with Gasteiger partial charge in [-0.3, -0.25) is 0 Å². The quantitative estimate of drug-likeness (QED) is 0.632. The molecule has 0 aromatic rings. The summed E-state index contributed by atoms with van der Waals surface area (Å²) >= 11 is 0. The molecule has 0 fully saturated rings. The van der Waals surface area contributed by atoms with Gasteiger partial charge in [0.25, 0.3) is 6.43 Å². The number of hydrogen-bond acceptors (Lipinski definition) is 1. The molecular weight excluding hydrogens is 148 g/mol. The third kappa shape index (κ3) is 4.09. The molecule has 2 N–H and O–H groups in total. The molecule has 0 radical (unpaired) electrons. The van der Waals surface area contributed by atoms with E-state index >= 15 is 0 Å². The number of unbranched alkanes of at least 4 members (excludes halogenated alkanes) is 1. The van der Waals surface area contributed by atoms with Crippen LogP contribution in [0.2, 0.25) is 0 Å². The van der Waals surface area contributed by atoms with Crippen LogP contribution >= 0.6 is 0 Å². The maximum Gasteiger partial charge on any atom is 0.259 e. The van der Waals surface area contributed by atoms with Crippen molar-refractivity contribution in [3.63, 3.8) is 0 Å². The normalized spacial score (nSPS) is 17.6. The van der Waals surface area contributed by atoms with E-state index < -0.39 is 12.0 Å². The third-order valence-corrected chi connectivity index (χ3v) is 1.40. The van der Waals surface area contributed by atoms with Crippen LogP contribution in [0.3, 0.4) is 0 Å². The minimum absolute atomic E-state index is 0.805. The van der Waals surface area contributed by atoms with Crippen LogP contribution in [0.4, 0.5) is 8.78 Å². The van der Waals surface area contributed by atoms with Crippen molar-refractivity contribution in [3.8, 4) is 0 Å². The van der Waals surface area contributed by atoms with E-state index in [1.807, 2.05) is 6.92 Å². The zero-order valence-corrected chi connectivity index (χ0v) is 6.98. The molecule has 66 valence electrons. The van der Waals surface area contributed by atoms with Crippen molar-refractivity contribution in [1.29, 1.82) is 0 Å². The highest BCUT2D eigenvalue weighted by molar-refractivity contribution is 5.03. The van der Waals surface area contributed by atoms with Gasteiger partial charge in [0.2, 0.25) is 0 Å². The van der Waals surface area contributed by atoms with Crippen LogP contribution in [0.15, 0.2) is 12.2 Å². The minimum Gasteiger partial charge on any atom is -0.317 e. The average molecular weight is 163 g/mol. The highest BCUT2D eigenvalue weighted by atomic mass is 19.3. The summed E-state index contributed by atoms with van der Waals surface area (Å²) < 4.78 is 24.1. The van der Waals surface area contributed by atoms with E-state index in [2.05, 4.69) is 0 Å². The Morgan fingerprint density at radius 1 is 1.55 bits per heavy atom. The Kier molecular flexibility index (Phi) is 4.26. The Labute approximate surface area is 66.3 Å². The maximum absolute atomic E-state index is 12.1. The van der Waals surface area contributed by atoms with Crippen LogP contribution < -0.4 is 5.73 Å². The van der Waals surface area contributed by atoms with Gasteiger partial charge in [-0.05, 0) is 13.3 Å². The first-order chi connectivity index (χ1) is 5.00.